The predicted molar refractivity (Wildman–Crippen MR) is 68.7 cm³/mol. The molecular formula is C12H17F2NO3S. The molecule has 0 aliphatic carbocycles. The van der Waals surface area contributed by atoms with Crippen molar-refractivity contribution in [3.05, 3.63) is 29.3 Å². The van der Waals surface area contributed by atoms with Crippen LogP contribution in [0.15, 0.2) is 12.1 Å². The van der Waals surface area contributed by atoms with Gasteiger partial charge in [-0.2, -0.15) is 0 Å². The van der Waals surface area contributed by atoms with Gasteiger partial charge in [0.1, 0.15) is 0 Å². The minimum Gasteiger partial charge on any atom is -0.503 e. The number of aromatic hydroxyl groups is 1. The highest BCUT2D eigenvalue weighted by molar-refractivity contribution is 7.92. The average Bonchev–Trinajstić information content (AvgIpc) is 2.24. The molecule has 0 saturated heterocycles. The Hall–Kier alpha value is -1.21. The molecule has 0 unspecified atom stereocenters. The van der Waals surface area contributed by atoms with Gasteiger partial charge in [-0.25, -0.2) is 17.2 Å². The van der Waals surface area contributed by atoms with Crippen molar-refractivity contribution in [3.63, 3.8) is 0 Å². The largest absolute Gasteiger partial charge is 0.503 e. The number of rotatable bonds is 5. The van der Waals surface area contributed by atoms with Crippen LogP contribution in [0.3, 0.4) is 0 Å². The van der Waals surface area contributed by atoms with Gasteiger partial charge in [0.2, 0.25) is 0 Å². The SMILES string of the molecule is CC(C)(CNCc1cc(F)c(O)c(F)c1)S(C)(=O)=O. The van der Waals surface area contributed by atoms with Gasteiger partial charge >= 0.3 is 0 Å². The maximum absolute atomic E-state index is 13.1. The van der Waals surface area contributed by atoms with Crippen molar-refractivity contribution in [1.29, 1.82) is 0 Å². The van der Waals surface area contributed by atoms with Gasteiger partial charge in [-0.05, 0) is 31.5 Å². The highest BCUT2D eigenvalue weighted by atomic mass is 32.2. The molecule has 0 atom stereocenters. The Morgan fingerprint density at radius 2 is 1.74 bits per heavy atom. The zero-order chi connectivity index (χ0) is 14.8. The number of benzene rings is 1. The molecule has 7 heteroatoms. The van der Waals surface area contributed by atoms with E-state index in [4.69, 9.17) is 5.11 Å². The first-order valence-corrected chi connectivity index (χ1v) is 7.51. The lowest BCUT2D eigenvalue weighted by molar-refractivity contribution is 0.395. The van der Waals surface area contributed by atoms with Gasteiger partial charge < -0.3 is 10.4 Å². The fourth-order valence-electron chi connectivity index (χ4n) is 1.36. The predicted octanol–water partition coefficient (Wildman–Crippen LogP) is 1.58. The van der Waals surface area contributed by atoms with Crippen LogP contribution in [0.4, 0.5) is 8.78 Å². The summed E-state index contributed by atoms with van der Waals surface area (Å²) in [6, 6.07) is 2.00. The second-order valence-corrected chi connectivity index (χ2v) is 7.69. The normalized spacial score (nSPS) is 12.7. The van der Waals surface area contributed by atoms with E-state index < -0.39 is 32.0 Å². The van der Waals surface area contributed by atoms with Crippen LogP contribution in [-0.4, -0.2) is 31.1 Å². The molecule has 0 radical (unpaired) electrons. The third kappa shape index (κ3) is 3.87. The zero-order valence-electron chi connectivity index (χ0n) is 11.0. The Morgan fingerprint density at radius 1 is 1.26 bits per heavy atom. The van der Waals surface area contributed by atoms with Crippen LogP contribution in [0.25, 0.3) is 0 Å². The monoisotopic (exact) mass is 293 g/mol. The van der Waals surface area contributed by atoms with Gasteiger partial charge in [0.25, 0.3) is 0 Å². The lowest BCUT2D eigenvalue weighted by atomic mass is 10.1. The van der Waals surface area contributed by atoms with E-state index in [0.29, 0.717) is 0 Å². The van der Waals surface area contributed by atoms with E-state index in [1.54, 1.807) is 13.8 Å². The molecule has 19 heavy (non-hydrogen) atoms. The minimum absolute atomic E-state index is 0.104. The van der Waals surface area contributed by atoms with E-state index in [1.807, 2.05) is 0 Å². The Balaban J connectivity index is 2.69. The second-order valence-electron chi connectivity index (χ2n) is 5.04. The third-order valence-electron chi connectivity index (χ3n) is 2.96. The number of hydrogen-bond acceptors (Lipinski definition) is 4. The Morgan fingerprint density at radius 3 is 2.16 bits per heavy atom. The molecule has 2 N–H and O–H groups in total. The van der Waals surface area contributed by atoms with Crippen LogP contribution in [0.2, 0.25) is 0 Å². The molecule has 4 nitrogen and oxygen atoms in total. The summed E-state index contributed by atoms with van der Waals surface area (Å²) < 4.78 is 48.1. The summed E-state index contributed by atoms with van der Waals surface area (Å²) >= 11 is 0. The van der Waals surface area contributed by atoms with Crippen molar-refractivity contribution < 1.29 is 22.3 Å². The first-order chi connectivity index (χ1) is 8.54. The van der Waals surface area contributed by atoms with Gasteiger partial charge in [-0.3, -0.25) is 0 Å². The molecule has 1 rings (SSSR count). The smallest absolute Gasteiger partial charge is 0.187 e. The first-order valence-electron chi connectivity index (χ1n) is 5.62. The summed E-state index contributed by atoms with van der Waals surface area (Å²) in [5.41, 5.74) is 0.289. The number of sulfone groups is 1. The van der Waals surface area contributed by atoms with Gasteiger partial charge in [-0.1, -0.05) is 0 Å². The summed E-state index contributed by atoms with van der Waals surface area (Å²) in [6.07, 6.45) is 1.13. The Bertz CT molecular complexity index is 547. The van der Waals surface area contributed by atoms with Crippen LogP contribution in [0.5, 0.6) is 5.75 Å². The second kappa shape index (κ2) is 5.42. The van der Waals surface area contributed by atoms with E-state index in [0.717, 1.165) is 18.4 Å². The Labute approximate surface area is 111 Å². The fraction of sp³-hybridized carbons (Fsp3) is 0.500. The molecule has 0 fully saturated rings. The maximum Gasteiger partial charge on any atom is 0.187 e. The van der Waals surface area contributed by atoms with E-state index >= 15 is 0 Å². The molecule has 0 saturated carbocycles. The quantitative estimate of drug-likeness (QED) is 0.865. The van der Waals surface area contributed by atoms with Crippen molar-refractivity contribution in [2.75, 3.05) is 12.8 Å². The lowest BCUT2D eigenvalue weighted by Gasteiger charge is -2.22. The van der Waals surface area contributed by atoms with Gasteiger partial charge in [0, 0.05) is 19.3 Å². The number of hydrogen-bond donors (Lipinski definition) is 2. The van der Waals surface area contributed by atoms with Crippen molar-refractivity contribution >= 4 is 9.84 Å². The van der Waals surface area contributed by atoms with Crippen molar-refractivity contribution in [2.45, 2.75) is 25.1 Å². The van der Waals surface area contributed by atoms with E-state index in [9.17, 15) is 17.2 Å². The molecule has 0 bridgehead atoms. The average molecular weight is 293 g/mol. The molecule has 1 aromatic rings. The van der Waals surface area contributed by atoms with Crippen LogP contribution < -0.4 is 5.32 Å². The third-order valence-corrected chi connectivity index (χ3v) is 5.11. The first kappa shape index (κ1) is 15.8. The molecule has 0 spiro atoms. The standard InChI is InChI=1S/C12H17F2NO3S/c1-12(2,19(3,17)18)7-15-6-8-4-9(13)11(16)10(14)5-8/h4-5,15-16H,6-7H2,1-3H3. The van der Waals surface area contributed by atoms with E-state index in [-0.39, 0.29) is 18.7 Å². The molecule has 0 amide bonds. The highest BCUT2D eigenvalue weighted by Gasteiger charge is 2.29. The topological polar surface area (TPSA) is 66.4 Å². The molecule has 0 aliphatic heterocycles. The van der Waals surface area contributed by atoms with Crippen LogP contribution in [-0.2, 0) is 16.4 Å². The summed E-state index contributed by atoms with van der Waals surface area (Å²) in [6.45, 7) is 3.38. The van der Waals surface area contributed by atoms with E-state index in [1.165, 1.54) is 0 Å². The Kier molecular flexibility index (Phi) is 4.52. The molecule has 108 valence electrons. The number of phenols is 1. The molecule has 0 aliphatic rings. The van der Waals surface area contributed by atoms with Crippen molar-refractivity contribution in [3.8, 4) is 5.75 Å². The molecule has 0 heterocycles. The van der Waals surface area contributed by atoms with Crippen molar-refractivity contribution in [1.82, 2.24) is 5.32 Å². The van der Waals surface area contributed by atoms with E-state index in [2.05, 4.69) is 5.32 Å². The van der Waals surface area contributed by atoms with Gasteiger partial charge in [0.15, 0.2) is 27.2 Å². The lowest BCUT2D eigenvalue weighted by Crippen LogP contribution is -2.41. The summed E-state index contributed by atoms with van der Waals surface area (Å²) in [4.78, 5) is 0. The zero-order valence-corrected chi connectivity index (χ0v) is 11.8. The van der Waals surface area contributed by atoms with Crippen LogP contribution in [0.1, 0.15) is 19.4 Å². The van der Waals surface area contributed by atoms with Crippen LogP contribution >= 0.6 is 0 Å². The maximum atomic E-state index is 13.1. The molecule has 1 aromatic carbocycles. The number of halogens is 2. The number of phenolic OH excluding ortho intramolecular Hbond substituents is 1. The summed E-state index contributed by atoms with van der Waals surface area (Å²) in [7, 11) is -3.23. The van der Waals surface area contributed by atoms with Gasteiger partial charge in [-0.15, -0.1) is 0 Å². The number of nitrogens with one attached hydrogen (secondary N) is 1. The summed E-state index contributed by atoms with van der Waals surface area (Å²) in [5.74, 6) is -3.10. The molecule has 0 aromatic heterocycles. The molecular weight excluding hydrogens is 276 g/mol. The minimum atomic E-state index is -3.23. The van der Waals surface area contributed by atoms with Crippen LogP contribution in [0, 0.1) is 11.6 Å². The highest BCUT2D eigenvalue weighted by Crippen LogP contribution is 2.21. The summed E-state index contributed by atoms with van der Waals surface area (Å²) in [5, 5.41) is 11.8. The van der Waals surface area contributed by atoms with Gasteiger partial charge in [0.05, 0.1) is 4.75 Å². The fourth-order valence-corrected chi connectivity index (χ4v) is 1.72. The van der Waals surface area contributed by atoms with Crippen molar-refractivity contribution in [2.24, 2.45) is 0 Å².